The van der Waals surface area contributed by atoms with Crippen molar-refractivity contribution in [3.8, 4) is 0 Å². The van der Waals surface area contributed by atoms with E-state index in [-0.39, 0.29) is 11.3 Å². The Labute approximate surface area is 125 Å². The van der Waals surface area contributed by atoms with Crippen LogP contribution in [0.15, 0.2) is 18.2 Å². The monoisotopic (exact) mass is 292 g/mol. The van der Waals surface area contributed by atoms with Gasteiger partial charge in [-0.2, -0.15) is 0 Å². The van der Waals surface area contributed by atoms with Gasteiger partial charge < -0.3 is 10.0 Å². The SMILES string of the molecule is OB(O)c1ccc(CN2CCC(N3CCCC3)C2)c(F)c1. The smallest absolute Gasteiger partial charge is 0.423 e. The maximum atomic E-state index is 14.0. The molecular weight excluding hydrogens is 270 g/mol. The summed E-state index contributed by atoms with van der Waals surface area (Å²) in [5.41, 5.74) is 0.828. The third kappa shape index (κ3) is 3.45. The molecule has 114 valence electrons. The summed E-state index contributed by atoms with van der Waals surface area (Å²) in [5.74, 6) is -0.356. The summed E-state index contributed by atoms with van der Waals surface area (Å²) in [6, 6.07) is 5.08. The Morgan fingerprint density at radius 2 is 1.95 bits per heavy atom. The van der Waals surface area contributed by atoms with Gasteiger partial charge in [0.25, 0.3) is 0 Å². The molecule has 0 aliphatic carbocycles. The third-order valence-corrected chi connectivity index (χ3v) is 4.67. The maximum absolute atomic E-state index is 14.0. The quantitative estimate of drug-likeness (QED) is 0.777. The predicted molar refractivity (Wildman–Crippen MR) is 80.7 cm³/mol. The summed E-state index contributed by atoms with van der Waals surface area (Å²) in [7, 11) is -1.61. The molecule has 1 aromatic rings. The minimum Gasteiger partial charge on any atom is -0.423 e. The van der Waals surface area contributed by atoms with Crippen LogP contribution >= 0.6 is 0 Å². The minimum absolute atomic E-state index is 0.201. The molecule has 0 bridgehead atoms. The number of benzene rings is 1. The van der Waals surface area contributed by atoms with E-state index in [0.29, 0.717) is 18.2 Å². The normalized spacial score (nSPS) is 23.9. The van der Waals surface area contributed by atoms with E-state index in [2.05, 4.69) is 9.80 Å². The first-order valence-electron chi connectivity index (χ1n) is 7.74. The summed E-state index contributed by atoms with van der Waals surface area (Å²) < 4.78 is 14.0. The summed E-state index contributed by atoms with van der Waals surface area (Å²) in [5, 5.41) is 18.1. The molecule has 2 heterocycles. The maximum Gasteiger partial charge on any atom is 0.488 e. The van der Waals surface area contributed by atoms with E-state index < -0.39 is 7.12 Å². The zero-order chi connectivity index (χ0) is 14.8. The number of hydrogen-bond donors (Lipinski definition) is 2. The molecule has 0 radical (unpaired) electrons. The lowest BCUT2D eigenvalue weighted by atomic mass is 9.80. The van der Waals surface area contributed by atoms with Gasteiger partial charge in [-0.15, -0.1) is 0 Å². The molecule has 2 fully saturated rings. The number of halogens is 1. The van der Waals surface area contributed by atoms with E-state index in [1.165, 1.54) is 32.0 Å². The molecular formula is C15H22BFN2O2. The Bertz CT molecular complexity index is 495. The van der Waals surface area contributed by atoms with Gasteiger partial charge in [-0.3, -0.25) is 9.80 Å². The summed E-state index contributed by atoms with van der Waals surface area (Å²) >= 11 is 0. The van der Waals surface area contributed by atoms with E-state index in [9.17, 15) is 4.39 Å². The Kier molecular flexibility index (Phi) is 4.59. The molecule has 1 aromatic carbocycles. The van der Waals surface area contributed by atoms with Gasteiger partial charge in [0.15, 0.2) is 0 Å². The zero-order valence-corrected chi connectivity index (χ0v) is 12.2. The van der Waals surface area contributed by atoms with Crippen LogP contribution in [0.4, 0.5) is 4.39 Å². The average molecular weight is 292 g/mol. The van der Waals surface area contributed by atoms with Crippen LogP contribution in [0.2, 0.25) is 0 Å². The predicted octanol–water partition coefficient (Wildman–Crippen LogP) is 0.176. The Morgan fingerprint density at radius 1 is 1.19 bits per heavy atom. The number of hydrogen-bond acceptors (Lipinski definition) is 4. The second kappa shape index (κ2) is 6.44. The molecule has 4 nitrogen and oxygen atoms in total. The fourth-order valence-electron chi connectivity index (χ4n) is 3.45. The van der Waals surface area contributed by atoms with Crippen LogP contribution in [-0.4, -0.2) is 59.2 Å². The largest absolute Gasteiger partial charge is 0.488 e. The fourth-order valence-corrected chi connectivity index (χ4v) is 3.45. The van der Waals surface area contributed by atoms with Crippen LogP contribution in [0.3, 0.4) is 0 Å². The Morgan fingerprint density at radius 3 is 2.62 bits per heavy atom. The van der Waals surface area contributed by atoms with Crippen LogP contribution in [0.25, 0.3) is 0 Å². The molecule has 0 aromatic heterocycles. The van der Waals surface area contributed by atoms with Crippen molar-refractivity contribution < 1.29 is 14.4 Å². The lowest BCUT2D eigenvalue weighted by Crippen LogP contribution is -2.35. The number of likely N-dealkylation sites (tertiary alicyclic amines) is 2. The van der Waals surface area contributed by atoms with Crippen molar-refractivity contribution in [2.75, 3.05) is 26.2 Å². The van der Waals surface area contributed by atoms with E-state index in [1.54, 1.807) is 12.1 Å². The summed E-state index contributed by atoms with van der Waals surface area (Å²) in [6.07, 6.45) is 3.77. The second-order valence-electron chi connectivity index (χ2n) is 6.15. The molecule has 2 N–H and O–H groups in total. The molecule has 1 unspecified atom stereocenters. The third-order valence-electron chi connectivity index (χ3n) is 4.67. The number of rotatable bonds is 4. The molecule has 0 saturated carbocycles. The standard InChI is InChI=1S/C15H22BFN2O2/c17-15-9-13(16(20)21)4-3-12(15)10-18-8-5-14(11-18)19-6-1-2-7-19/h3-4,9,14,20-21H,1-2,5-8,10-11H2. The summed E-state index contributed by atoms with van der Waals surface area (Å²) in [6.45, 7) is 5.01. The molecule has 1 atom stereocenters. The van der Waals surface area contributed by atoms with Gasteiger partial charge in [0.1, 0.15) is 5.82 Å². The topological polar surface area (TPSA) is 46.9 Å². The highest BCUT2D eigenvalue weighted by atomic mass is 19.1. The first-order chi connectivity index (χ1) is 10.1. The summed E-state index contributed by atoms with van der Waals surface area (Å²) in [4.78, 5) is 4.85. The lowest BCUT2D eigenvalue weighted by molar-refractivity contribution is 0.229. The second-order valence-corrected chi connectivity index (χ2v) is 6.15. The fraction of sp³-hybridized carbons (Fsp3) is 0.600. The van der Waals surface area contributed by atoms with Gasteiger partial charge in [0.2, 0.25) is 0 Å². The average Bonchev–Trinajstić information content (AvgIpc) is 3.11. The van der Waals surface area contributed by atoms with Gasteiger partial charge in [-0.25, -0.2) is 4.39 Å². The van der Waals surface area contributed by atoms with E-state index in [0.717, 1.165) is 19.5 Å². The van der Waals surface area contributed by atoms with Crippen LogP contribution in [0, 0.1) is 5.82 Å². The molecule has 2 aliphatic heterocycles. The van der Waals surface area contributed by atoms with Gasteiger partial charge in [-0.05, 0) is 43.9 Å². The first-order valence-corrected chi connectivity index (χ1v) is 7.74. The van der Waals surface area contributed by atoms with Crippen LogP contribution in [-0.2, 0) is 6.54 Å². The van der Waals surface area contributed by atoms with Crippen molar-refractivity contribution in [1.82, 2.24) is 9.80 Å². The molecule has 0 amide bonds. The minimum atomic E-state index is -1.61. The van der Waals surface area contributed by atoms with Crippen molar-refractivity contribution in [3.63, 3.8) is 0 Å². The Hall–Kier alpha value is -0.945. The molecule has 2 saturated heterocycles. The first kappa shape index (κ1) is 15.0. The zero-order valence-electron chi connectivity index (χ0n) is 12.2. The lowest BCUT2D eigenvalue weighted by Gasteiger charge is -2.23. The number of nitrogens with zero attached hydrogens (tertiary/aromatic N) is 2. The van der Waals surface area contributed by atoms with Crippen LogP contribution < -0.4 is 5.46 Å². The Balaban J connectivity index is 1.59. The molecule has 21 heavy (non-hydrogen) atoms. The van der Waals surface area contributed by atoms with Crippen molar-refractivity contribution in [3.05, 3.63) is 29.6 Å². The van der Waals surface area contributed by atoms with Crippen LogP contribution in [0.1, 0.15) is 24.8 Å². The van der Waals surface area contributed by atoms with E-state index >= 15 is 0 Å². The highest BCUT2D eigenvalue weighted by Gasteiger charge is 2.29. The van der Waals surface area contributed by atoms with Crippen molar-refractivity contribution >= 4 is 12.6 Å². The molecule has 3 rings (SSSR count). The van der Waals surface area contributed by atoms with Crippen molar-refractivity contribution in [2.24, 2.45) is 0 Å². The van der Waals surface area contributed by atoms with Gasteiger partial charge in [-0.1, -0.05) is 12.1 Å². The van der Waals surface area contributed by atoms with Crippen molar-refractivity contribution in [2.45, 2.75) is 31.8 Å². The van der Waals surface area contributed by atoms with Gasteiger partial charge in [0, 0.05) is 31.2 Å². The molecule has 2 aliphatic rings. The van der Waals surface area contributed by atoms with Gasteiger partial charge in [0.05, 0.1) is 0 Å². The van der Waals surface area contributed by atoms with E-state index in [1.807, 2.05) is 0 Å². The highest BCUT2D eigenvalue weighted by Crippen LogP contribution is 2.22. The van der Waals surface area contributed by atoms with E-state index in [4.69, 9.17) is 10.0 Å². The van der Waals surface area contributed by atoms with Crippen molar-refractivity contribution in [1.29, 1.82) is 0 Å². The van der Waals surface area contributed by atoms with Crippen LogP contribution in [0.5, 0.6) is 0 Å². The highest BCUT2D eigenvalue weighted by molar-refractivity contribution is 6.58. The molecule has 0 spiro atoms. The molecule has 6 heteroatoms. The van der Waals surface area contributed by atoms with Gasteiger partial charge >= 0.3 is 7.12 Å².